The molecule has 0 saturated heterocycles. The second-order valence-electron chi connectivity index (χ2n) is 3.55. The molecule has 1 rings (SSSR count). The predicted molar refractivity (Wildman–Crippen MR) is 79.4 cm³/mol. The number of hydrogen-bond acceptors (Lipinski definition) is 4. The highest BCUT2D eigenvalue weighted by Gasteiger charge is 2.11. The van der Waals surface area contributed by atoms with Crippen molar-refractivity contribution < 1.29 is 9.90 Å². The fourth-order valence-electron chi connectivity index (χ4n) is 1.35. The average molecular weight is 306 g/mol. The Kier molecular flexibility index (Phi) is 7.42. The minimum Gasteiger partial charge on any atom is -0.395 e. The van der Waals surface area contributed by atoms with Gasteiger partial charge in [0.25, 0.3) is 0 Å². The van der Waals surface area contributed by atoms with Crippen LogP contribution in [-0.2, 0) is 10.5 Å². The largest absolute Gasteiger partial charge is 0.395 e. The van der Waals surface area contributed by atoms with E-state index in [1.165, 1.54) is 11.3 Å². The van der Waals surface area contributed by atoms with Crippen LogP contribution in [0.1, 0.15) is 4.88 Å². The summed E-state index contributed by atoms with van der Waals surface area (Å²) in [5.74, 6) is 1.21. The Hall–Kier alpha value is -0.490. The number of rotatable bonds is 8. The van der Waals surface area contributed by atoms with Gasteiger partial charge in [-0.05, 0) is 12.1 Å². The van der Waals surface area contributed by atoms with Crippen LogP contribution >= 0.6 is 34.7 Å². The molecular formula is C12H16ClNO2S2. The molecule has 1 aromatic heterocycles. The number of halogens is 1. The van der Waals surface area contributed by atoms with Crippen molar-refractivity contribution in [3.05, 3.63) is 34.0 Å². The second-order valence-corrected chi connectivity index (χ2v) is 6.34. The molecule has 0 aliphatic heterocycles. The van der Waals surface area contributed by atoms with Crippen molar-refractivity contribution in [2.75, 3.05) is 25.4 Å². The number of aliphatic hydroxyl groups is 1. The molecule has 0 aliphatic rings. The van der Waals surface area contributed by atoms with Crippen LogP contribution in [0, 0.1) is 0 Å². The summed E-state index contributed by atoms with van der Waals surface area (Å²) < 4.78 is 0.769. The highest BCUT2D eigenvalue weighted by Crippen LogP contribution is 2.25. The van der Waals surface area contributed by atoms with E-state index in [4.69, 9.17) is 16.7 Å². The van der Waals surface area contributed by atoms with Crippen LogP contribution in [0.25, 0.3) is 0 Å². The maximum absolute atomic E-state index is 11.8. The molecule has 0 aromatic carbocycles. The van der Waals surface area contributed by atoms with Gasteiger partial charge in [0.1, 0.15) is 0 Å². The van der Waals surface area contributed by atoms with Crippen LogP contribution < -0.4 is 0 Å². The standard InChI is InChI=1S/C12H16ClNO2S2/c1-2-5-14(6-7-15)12(16)9-17-8-10-3-4-11(13)18-10/h2-4,15H,1,5-9H2. The number of carbonyl (C=O) groups is 1. The van der Waals surface area contributed by atoms with Gasteiger partial charge in [-0.1, -0.05) is 17.7 Å². The van der Waals surface area contributed by atoms with Crippen molar-refractivity contribution in [3.63, 3.8) is 0 Å². The first kappa shape index (κ1) is 15.6. The van der Waals surface area contributed by atoms with E-state index in [1.54, 1.807) is 22.7 Å². The smallest absolute Gasteiger partial charge is 0.232 e. The third-order valence-corrected chi connectivity index (χ3v) is 4.55. The molecule has 100 valence electrons. The Labute approximate surface area is 120 Å². The zero-order valence-electron chi connectivity index (χ0n) is 9.97. The first-order chi connectivity index (χ1) is 8.67. The van der Waals surface area contributed by atoms with Crippen molar-refractivity contribution in [2.45, 2.75) is 5.75 Å². The van der Waals surface area contributed by atoms with E-state index in [0.717, 1.165) is 15.0 Å². The molecule has 0 fully saturated rings. The van der Waals surface area contributed by atoms with Gasteiger partial charge in [0, 0.05) is 23.7 Å². The van der Waals surface area contributed by atoms with Crippen molar-refractivity contribution in [1.29, 1.82) is 0 Å². The quantitative estimate of drug-likeness (QED) is 0.751. The van der Waals surface area contributed by atoms with Crippen LogP contribution in [0.5, 0.6) is 0 Å². The number of nitrogens with zero attached hydrogens (tertiary/aromatic N) is 1. The molecule has 6 heteroatoms. The van der Waals surface area contributed by atoms with Gasteiger partial charge in [0.15, 0.2) is 0 Å². The maximum Gasteiger partial charge on any atom is 0.232 e. The van der Waals surface area contributed by atoms with E-state index < -0.39 is 0 Å². The van der Waals surface area contributed by atoms with E-state index in [1.807, 2.05) is 12.1 Å². The van der Waals surface area contributed by atoms with Crippen LogP contribution in [-0.4, -0.2) is 41.4 Å². The van der Waals surface area contributed by atoms with E-state index in [-0.39, 0.29) is 12.5 Å². The number of thiophene rings is 1. The van der Waals surface area contributed by atoms with E-state index in [9.17, 15) is 4.79 Å². The van der Waals surface area contributed by atoms with Gasteiger partial charge in [-0.25, -0.2) is 0 Å². The van der Waals surface area contributed by atoms with Gasteiger partial charge >= 0.3 is 0 Å². The minimum atomic E-state index is -0.0230. The van der Waals surface area contributed by atoms with Gasteiger partial charge in [0.2, 0.25) is 5.91 Å². The first-order valence-electron chi connectivity index (χ1n) is 5.49. The fraction of sp³-hybridized carbons (Fsp3) is 0.417. The molecule has 0 radical (unpaired) electrons. The molecule has 1 aromatic rings. The van der Waals surface area contributed by atoms with Gasteiger partial charge in [0.05, 0.1) is 16.7 Å². The molecule has 0 aliphatic carbocycles. The van der Waals surface area contributed by atoms with E-state index in [2.05, 4.69) is 6.58 Å². The lowest BCUT2D eigenvalue weighted by Gasteiger charge is -2.19. The summed E-state index contributed by atoms with van der Waals surface area (Å²) in [4.78, 5) is 14.6. The summed E-state index contributed by atoms with van der Waals surface area (Å²) in [6.45, 7) is 4.41. The molecule has 0 atom stereocenters. The third-order valence-electron chi connectivity index (χ3n) is 2.17. The zero-order valence-corrected chi connectivity index (χ0v) is 12.4. The lowest BCUT2D eigenvalue weighted by atomic mass is 10.4. The Morgan fingerprint density at radius 3 is 2.94 bits per heavy atom. The van der Waals surface area contributed by atoms with Crippen molar-refractivity contribution >= 4 is 40.6 Å². The summed E-state index contributed by atoms with van der Waals surface area (Å²) in [6, 6.07) is 3.83. The SMILES string of the molecule is C=CCN(CCO)C(=O)CSCc1ccc(Cl)s1. The molecular weight excluding hydrogens is 290 g/mol. The molecule has 18 heavy (non-hydrogen) atoms. The lowest BCUT2D eigenvalue weighted by Crippen LogP contribution is -2.34. The molecule has 0 spiro atoms. The summed E-state index contributed by atoms with van der Waals surface area (Å²) in [5.41, 5.74) is 0. The van der Waals surface area contributed by atoms with Gasteiger partial charge < -0.3 is 10.0 Å². The predicted octanol–water partition coefficient (Wildman–Crippen LogP) is 2.64. The summed E-state index contributed by atoms with van der Waals surface area (Å²) in [7, 11) is 0. The number of amides is 1. The van der Waals surface area contributed by atoms with Crippen LogP contribution in [0.2, 0.25) is 4.34 Å². The maximum atomic E-state index is 11.8. The first-order valence-corrected chi connectivity index (χ1v) is 7.83. The number of thioether (sulfide) groups is 1. The molecule has 0 saturated carbocycles. The van der Waals surface area contributed by atoms with Gasteiger partial charge in [-0.2, -0.15) is 0 Å². The Bertz CT molecular complexity index is 395. The van der Waals surface area contributed by atoms with Crippen LogP contribution in [0.3, 0.4) is 0 Å². The van der Waals surface area contributed by atoms with Crippen molar-refractivity contribution in [1.82, 2.24) is 4.90 Å². The van der Waals surface area contributed by atoms with E-state index in [0.29, 0.717) is 18.8 Å². The highest BCUT2D eigenvalue weighted by molar-refractivity contribution is 7.99. The van der Waals surface area contributed by atoms with Crippen molar-refractivity contribution in [2.24, 2.45) is 0 Å². The highest BCUT2D eigenvalue weighted by atomic mass is 35.5. The van der Waals surface area contributed by atoms with Crippen molar-refractivity contribution in [3.8, 4) is 0 Å². The number of aliphatic hydroxyl groups excluding tert-OH is 1. The summed E-state index contributed by atoms with van der Waals surface area (Å²) >= 11 is 8.91. The van der Waals surface area contributed by atoms with Gasteiger partial charge in [-0.15, -0.1) is 29.7 Å². The molecule has 0 bridgehead atoms. The Balaban J connectivity index is 2.32. The second kappa shape index (κ2) is 8.58. The van der Waals surface area contributed by atoms with Crippen LogP contribution in [0.15, 0.2) is 24.8 Å². The van der Waals surface area contributed by atoms with E-state index >= 15 is 0 Å². The monoisotopic (exact) mass is 305 g/mol. The third kappa shape index (κ3) is 5.44. The molecule has 1 heterocycles. The minimum absolute atomic E-state index is 0.0230. The number of hydrogen-bond donors (Lipinski definition) is 1. The number of carbonyl (C=O) groups excluding carboxylic acids is 1. The molecule has 3 nitrogen and oxygen atoms in total. The zero-order chi connectivity index (χ0) is 13.4. The Morgan fingerprint density at radius 2 is 2.39 bits per heavy atom. The Morgan fingerprint density at radius 1 is 1.61 bits per heavy atom. The molecule has 1 amide bonds. The summed E-state index contributed by atoms with van der Waals surface area (Å²) in [6.07, 6.45) is 1.66. The lowest BCUT2D eigenvalue weighted by molar-refractivity contribution is -0.128. The molecule has 0 unspecified atom stereocenters. The fourth-order valence-corrected chi connectivity index (χ4v) is 3.48. The molecule has 1 N–H and O–H groups in total. The van der Waals surface area contributed by atoms with Crippen LogP contribution in [0.4, 0.5) is 0 Å². The summed E-state index contributed by atoms with van der Waals surface area (Å²) in [5, 5.41) is 8.87. The normalized spacial score (nSPS) is 10.3. The topological polar surface area (TPSA) is 40.5 Å². The van der Waals surface area contributed by atoms with Gasteiger partial charge in [-0.3, -0.25) is 4.79 Å². The average Bonchev–Trinajstić information content (AvgIpc) is 2.75.